The molecule has 0 heterocycles. The first-order valence-corrected chi connectivity index (χ1v) is 4.66. The lowest BCUT2D eigenvalue weighted by molar-refractivity contribution is -0.120. The normalized spacial score (nSPS) is 12.1. The number of carbonyl (C=O) groups is 2. The molecule has 0 radical (unpaired) electrons. The first-order chi connectivity index (χ1) is 7.16. The Morgan fingerprint density at radius 3 is 2.33 bits per heavy atom. The quantitative estimate of drug-likeness (QED) is 0.540. The number of carbonyl (C=O) groups excluding carboxylic acids is 2. The van der Waals surface area contributed by atoms with Gasteiger partial charge in [-0.3, -0.25) is 9.59 Å². The van der Waals surface area contributed by atoms with Crippen molar-refractivity contribution in [2.75, 3.05) is 6.61 Å². The summed E-state index contributed by atoms with van der Waals surface area (Å²) in [6.45, 7) is -0.230. The summed E-state index contributed by atoms with van der Waals surface area (Å²) in [6.07, 6.45) is 0.0725. The third kappa shape index (κ3) is 2.89. The molecule has 0 bridgehead atoms. The number of ketones is 1. The smallest absolute Gasteiger partial charge is 0.228 e. The summed E-state index contributed by atoms with van der Waals surface area (Å²) < 4.78 is 0. The number of aliphatic hydroxyl groups excluding tert-OH is 1. The molecular formula is C11H13NO3. The second-order valence-corrected chi connectivity index (χ2v) is 3.20. The van der Waals surface area contributed by atoms with Crippen molar-refractivity contribution in [3.63, 3.8) is 0 Å². The highest BCUT2D eigenvalue weighted by atomic mass is 16.3. The largest absolute Gasteiger partial charge is 0.396 e. The van der Waals surface area contributed by atoms with E-state index in [9.17, 15) is 9.59 Å². The van der Waals surface area contributed by atoms with Gasteiger partial charge in [0.2, 0.25) is 5.91 Å². The zero-order valence-corrected chi connectivity index (χ0v) is 8.22. The lowest BCUT2D eigenvalue weighted by Crippen LogP contribution is -2.31. The van der Waals surface area contributed by atoms with Crippen molar-refractivity contribution in [1.82, 2.24) is 0 Å². The second kappa shape index (κ2) is 5.26. The minimum atomic E-state index is -0.933. The lowest BCUT2D eigenvalue weighted by Gasteiger charge is -2.10. The van der Waals surface area contributed by atoms with Gasteiger partial charge < -0.3 is 10.8 Å². The average molecular weight is 207 g/mol. The van der Waals surface area contributed by atoms with Gasteiger partial charge in [-0.1, -0.05) is 30.3 Å². The summed E-state index contributed by atoms with van der Waals surface area (Å²) in [5, 5.41) is 8.72. The Balaban J connectivity index is 2.86. The summed E-state index contributed by atoms with van der Waals surface area (Å²) in [5.41, 5.74) is 5.53. The van der Waals surface area contributed by atoms with Crippen LogP contribution in [0.1, 0.15) is 16.8 Å². The Kier molecular flexibility index (Phi) is 4.00. The number of nitrogens with two attached hydrogens (primary N) is 1. The predicted molar refractivity (Wildman–Crippen MR) is 55.2 cm³/mol. The minimum Gasteiger partial charge on any atom is -0.396 e. The van der Waals surface area contributed by atoms with Crippen molar-refractivity contribution in [2.45, 2.75) is 6.42 Å². The lowest BCUT2D eigenvalue weighted by atomic mass is 9.94. The third-order valence-electron chi connectivity index (χ3n) is 2.14. The van der Waals surface area contributed by atoms with Crippen LogP contribution >= 0.6 is 0 Å². The average Bonchev–Trinajstić information content (AvgIpc) is 2.26. The first-order valence-electron chi connectivity index (χ1n) is 4.66. The number of rotatable bonds is 5. The highest BCUT2D eigenvalue weighted by molar-refractivity contribution is 6.09. The number of hydrogen-bond acceptors (Lipinski definition) is 3. The summed E-state index contributed by atoms with van der Waals surface area (Å²) in [4.78, 5) is 22.8. The molecule has 0 aliphatic rings. The molecule has 0 saturated heterocycles. The van der Waals surface area contributed by atoms with Gasteiger partial charge in [0.05, 0.1) is 0 Å². The monoisotopic (exact) mass is 207 g/mol. The van der Waals surface area contributed by atoms with Gasteiger partial charge in [-0.2, -0.15) is 0 Å². The molecule has 0 fully saturated rings. The molecule has 4 nitrogen and oxygen atoms in total. The molecule has 1 unspecified atom stereocenters. The van der Waals surface area contributed by atoms with Crippen LogP contribution in [0.15, 0.2) is 30.3 Å². The van der Waals surface area contributed by atoms with Gasteiger partial charge in [0.15, 0.2) is 5.78 Å². The van der Waals surface area contributed by atoms with Gasteiger partial charge >= 0.3 is 0 Å². The standard InChI is InChI=1S/C11H13NO3/c12-11(15)9(6-7-13)10(14)8-4-2-1-3-5-8/h1-5,9,13H,6-7H2,(H2,12,15). The Morgan fingerprint density at radius 2 is 1.87 bits per heavy atom. The molecule has 15 heavy (non-hydrogen) atoms. The van der Waals surface area contributed by atoms with Gasteiger partial charge in [0.25, 0.3) is 0 Å². The maximum absolute atomic E-state index is 11.8. The van der Waals surface area contributed by atoms with Crippen LogP contribution in [0.4, 0.5) is 0 Å². The van der Waals surface area contributed by atoms with Crippen LogP contribution in [0.25, 0.3) is 0 Å². The molecule has 3 N–H and O–H groups in total. The van der Waals surface area contributed by atoms with Crippen molar-refractivity contribution < 1.29 is 14.7 Å². The van der Waals surface area contributed by atoms with E-state index in [4.69, 9.17) is 10.8 Å². The van der Waals surface area contributed by atoms with Crippen molar-refractivity contribution in [3.8, 4) is 0 Å². The molecule has 4 heteroatoms. The molecule has 1 atom stereocenters. The predicted octanol–water partition coefficient (Wildman–Crippen LogP) is 0.353. The zero-order chi connectivity index (χ0) is 11.3. The van der Waals surface area contributed by atoms with E-state index in [1.165, 1.54) is 0 Å². The molecule has 0 spiro atoms. The topological polar surface area (TPSA) is 80.4 Å². The van der Waals surface area contributed by atoms with E-state index in [0.717, 1.165) is 0 Å². The number of hydrogen-bond donors (Lipinski definition) is 2. The van der Waals surface area contributed by atoms with E-state index in [1.807, 2.05) is 0 Å². The number of primary amides is 1. The van der Waals surface area contributed by atoms with Crippen LogP contribution in [0.3, 0.4) is 0 Å². The van der Waals surface area contributed by atoms with Crippen molar-refractivity contribution in [3.05, 3.63) is 35.9 Å². The molecular weight excluding hydrogens is 194 g/mol. The zero-order valence-electron chi connectivity index (χ0n) is 8.22. The minimum absolute atomic E-state index is 0.0725. The number of amides is 1. The molecule has 1 rings (SSSR count). The molecule has 0 aromatic heterocycles. The van der Waals surface area contributed by atoms with Crippen LogP contribution in [0.5, 0.6) is 0 Å². The molecule has 0 aliphatic carbocycles. The Labute approximate surface area is 87.7 Å². The second-order valence-electron chi connectivity index (χ2n) is 3.20. The molecule has 80 valence electrons. The van der Waals surface area contributed by atoms with Crippen LogP contribution in [-0.2, 0) is 4.79 Å². The number of Topliss-reactive ketones (excluding diaryl/α,β-unsaturated/α-hetero) is 1. The summed E-state index contributed by atoms with van der Waals surface area (Å²) in [6, 6.07) is 8.45. The van der Waals surface area contributed by atoms with Crippen LogP contribution in [0, 0.1) is 5.92 Å². The molecule has 1 aromatic rings. The van der Waals surface area contributed by atoms with E-state index in [0.29, 0.717) is 5.56 Å². The van der Waals surface area contributed by atoms with Gasteiger partial charge in [-0.15, -0.1) is 0 Å². The number of aliphatic hydroxyl groups is 1. The van der Waals surface area contributed by atoms with Gasteiger partial charge in [0, 0.05) is 12.2 Å². The highest BCUT2D eigenvalue weighted by Crippen LogP contribution is 2.11. The maximum Gasteiger partial charge on any atom is 0.228 e. The number of benzene rings is 1. The Bertz CT molecular complexity index is 348. The molecule has 1 amide bonds. The molecule has 1 aromatic carbocycles. The van der Waals surface area contributed by atoms with E-state index in [2.05, 4.69) is 0 Å². The van der Waals surface area contributed by atoms with E-state index >= 15 is 0 Å². The molecule has 0 saturated carbocycles. The van der Waals surface area contributed by atoms with Gasteiger partial charge in [0.1, 0.15) is 5.92 Å². The Hall–Kier alpha value is -1.68. The van der Waals surface area contributed by atoms with Crippen molar-refractivity contribution in [2.24, 2.45) is 11.7 Å². The fourth-order valence-corrected chi connectivity index (χ4v) is 1.34. The van der Waals surface area contributed by atoms with E-state index < -0.39 is 11.8 Å². The molecule has 0 aliphatic heterocycles. The maximum atomic E-state index is 11.8. The Morgan fingerprint density at radius 1 is 1.27 bits per heavy atom. The fourth-order valence-electron chi connectivity index (χ4n) is 1.34. The highest BCUT2D eigenvalue weighted by Gasteiger charge is 2.24. The first kappa shape index (κ1) is 11.4. The van der Waals surface area contributed by atoms with Crippen molar-refractivity contribution >= 4 is 11.7 Å². The SMILES string of the molecule is NC(=O)C(CCO)C(=O)c1ccccc1. The fraction of sp³-hybridized carbons (Fsp3) is 0.273. The van der Waals surface area contributed by atoms with E-state index in [1.54, 1.807) is 30.3 Å². The van der Waals surface area contributed by atoms with Crippen LogP contribution in [-0.4, -0.2) is 23.4 Å². The summed E-state index contributed by atoms with van der Waals surface area (Å²) in [5.74, 6) is -1.97. The van der Waals surface area contributed by atoms with Crippen molar-refractivity contribution in [1.29, 1.82) is 0 Å². The third-order valence-corrected chi connectivity index (χ3v) is 2.14. The summed E-state index contributed by atoms with van der Waals surface area (Å²) >= 11 is 0. The van der Waals surface area contributed by atoms with Gasteiger partial charge in [-0.05, 0) is 6.42 Å². The van der Waals surface area contributed by atoms with E-state index in [-0.39, 0.29) is 18.8 Å². The van der Waals surface area contributed by atoms with Crippen LogP contribution < -0.4 is 5.73 Å². The van der Waals surface area contributed by atoms with Gasteiger partial charge in [-0.25, -0.2) is 0 Å². The van der Waals surface area contributed by atoms with Crippen LogP contribution in [0.2, 0.25) is 0 Å². The summed E-state index contributed by atoms with van der Waals surface area (Å²) in [7, 11) is 0.